The lowest BCUT2D eigenvalue weighted by atomic mass is 10.0. The Morgan fingerprint density at radius 1 is 1.43 bits per heavy atom. The van der Waals surface area contributed by atoms with Gasteiger partial charge < -0.3 is 4.90 Å². The minimum atomic E-state index is -0.0327. The number of likely N-dealkylation sites (N-methyl/N-ethyl adjacent to an activating group) is 1. The van der Waals surface area contributed by atoms with Gasteiger partial charge in [0.25, 0.3) is 0 Å². The third-order valence-corrected chi connectivity index (χ3v) is 4.41. The summed E-state index contributed by atoms with van der Waals surface area (Å²) < 4.78 is 1.95. The van der Waals surface area contributed by atoms with Gasteiger partial charge in [0, 0.05) is 30.1 Å². The Bertz CT molecular complexity index is 699. The zero-order valence-corrected chi connectivity index (χ0v) is 12.8. The molecule has 2 aromatic rings. The summed E-state index contributed by atoms with van der Waals surface area (Å²) in [6.07, 6.45) is 3.56. The largest absolute Gasteiger partial charge is 0.300 e. The average Bonchev–Trinajstić information content (AvgIpc) is 2.80. The van der Waals surface area contributed by atoms with Crippen LogP contribution in [0.5, 0.6) is 0 Å². The Morgan fingerprint density at radius 3 is 2.95 bits per heavy atom. The fourth-order valence-electron chi connectivity index (χ4n) is 3.27. The van der Waals surface area contributed by atoms with Crippen molar-refractivity contribution in [1.29, 1.82) is 0 Å². The Balaban J connectivity index is 2.19. The van der Waals surface area contributed by atoms with Gasteiger partial charge in [0.2, 0.25) is 5.91 Å². The smallest absolute Gasteiger partial charge is 0.234 e. The molecule has 0 saturated heterocycles. The van der Waals surface area contributed by atoms with E-state index in [1.807, 2.05) is 23.6 Å². The lowest BCUT2D eigenvalue weighted by molar-refractivity contribution is 0.0844. The number of hydrogen-bond acceptors (Lipinski definition) is 2. The van der Waals surface area contributed by atoms with Crippen molar-refractivity contribution in [2.75, 3.05) is 13.6 Å². The van der Waals surface area contributed by atoms with Crippen LogP contribution in [0.1, 0.15) is 29.4 Å². The first kappa shape index (κ1) is 14.1. The van der Waals surface area contributed by atoms with Crippen LogP contribution in [0.3, 0.4) is 0 Å². The minimum Gasteiger partial charge on any atom is -0.300 e. The molecule has 21 heavy (non-hydrogen) atoms. The zero-order chi connectivity index (χ0) is 15.0. The molecular weight excluding hydrogens is 260 g/mol. The molecule has 3 nitrogen and oxygen atoms in total. The molecule has 1 aliphatic rings. The Kier molecular flexibility index (Phi) is 3.68. The van der Waals surface area contributed by atoms with Gasteiger partial charge >= 0.3 is 0 Å². The van der Waals surface area contributed by atoms with Gasteiger partial charge in [0.1, 0.15) is 0 Å². The van der Waals surface area contributed by atoms with Crippen LogP contribution < -0.4 is 0 Å². The van der Waals surface area contributed by atoms with E-state index in [1.165, 1.54) is 16.6 Å². The summed E-state index contributed by atoms with van der Waals surface area (Å²) in [4.78, 5) is 15.2. The minimum absolute atomic E-state index is 0.0327. The van der Waals surface area contributed by atoms with Crippen molar-refractivity contribution >= 4 is 16.8 Å². The van der Waals surface area contributed by atoms with Crippen LogP contribution in [-0.4, -0.2) is 29.0 Å². The highest BCUT2D eigenvalue weighted by Crippen LogP contribution is 2.31. The number of fused-ring (bicyclic) bond motifs is 3. The first-order valence-electron chi connectivity index (χ1n) is 7.58. The van der Waals surface area contributed by atoms with Crippen molar-refractivity contribution in [3.63, 3.8) is 0 Å². The number of carbonyl (C=O) groups excluding carboxylic acids is 1. The predicted molar refractivity (Wildman–Crippen MR) is 86.6 cm³/mol. The van der Waals surface area contributed by atoms with Crippen LogP contribution in [-0.2, 0) is 13.0 Å². The maximum absolute atomic E-state index is 12.9. The molecule has 1 atom stereocenters. The second-order valence-electron chi connectivity index (χ2n) is 6.03. The van der Waals surface area contributed by atoms with Gasteiger partial charge in [-0.3, -0.25) is 9.36 Å². The van der Waals surface area contributed by atoms with E-state index in [0.717, 1.165) is 31.4 Å². The van der Waals surface area contributed by atoms with Crippen molar-refractivity contribution in [3.8, 4) is 0 Å². The first-order valence-corrected chi connectivity index (χ1v) is 7.58. The van der Waals surface area contributed by atoms with Crippen molar-refractivity contribution in [2.45, 2.75) is 26.3 Å². The van der Waals surface area contributed by atoms with E-state index >= 15 is 0 Å². The molecule has 0 bridgehead atoms. The van der Waals surface area contributed by atoms with Crippen LogP contribution in [0.25, 0.3) is 10.9 Å². The summed E-state index contributed by atoms with van der Waals surface area (Å²) in [6.45, 7) is 7.64. The molecule has 1 aromatic carbocycles. The van der Waals surface area contributed by atoms with Crippen molar-refractivity contribution in [2.24, 2.45) is 5.92 Å². The molecule has 0 aliphatic carbocycles. The summed E-state index contributed by atoms with van der Waals surface area (Å²) in [5, 5.41) is 1.24. The van der Waals surface area contributed by atoms with E-state index < -0.39 is 0 Å². The molecule has 3 heteroatoms. The maximum Gasteiger partial charge on any atom is 0.234 e. The number of nitrogens with zero attached hydrogens (tertiary/aromatic N) is 2. The van der Waals surface area contributed by atoms with Gasteiger partial charge in [-0.2, -0.15) is 0 Å². The van der Waals surface area contributed by atoms with Crippen LogP contribution in [0, 0.1) is 5.92 Å². The third kappa shape index (κ3) is 2.32. The van der Waals surface area contributed by atoms with E-state index in [2.05, 4.69) is 36.7 Å². The molecule has 1 unspecified atom stereocenters. The van der Waals surface area contributed by atoms with E-state index in [0.29, 0.717) is 0 Å². The van der Waals surface area contributed by atoms with Gasteiger partial charge in [-0.25, -0.2) is 0 Å². The summed E-state index contributed by atoms with van der Waals surface area (Å²) in [5.74, 6) is 0.150. The Morgan fingerprint density at radius 2 is 2.19 bits per heavy atom. The van der Waals surface area contributed by atoms with Gasteiger partial charge in [-0.05, 0) is 31.5 Å². The van der Waals surface area contributed by atoms with Gasteiger partial charge in [-0.15, -0.1) is 6.58 Å². The summed E-state index contributed by atoms with van der Waals surface area (Å²) >= 11 is 0. The number of allylic oxidation sites excluding steroid dienone is 1. The molecule has 0 N–H and O–H groups in total. The number of aromatic nitrogens is 1. The fourth-order valence-corrected chi connectivity index (χ4v) is 3.27. The van der Waals surface area contributed by atoms with Crippen LogP contribution in [0.4, 0.5) is 0 Å². The topological polar surface area (TPSA) is 25.2 Å². The second-order valence-corrected chi connectivity index (χ2v) is 6.03. The number of benzene rings is 1. The lowest BCUT2D eigenvalue weighted by Gasteiger charge is -2.24. The van der Waals surface area contributed by atoms with Crippen molar-refractivity contribution in [1.82, 2.24) is 9.47 Å². The number of hydrogen-bond donors (Lipinski definition) is 0. The van der Waals surface area contributed by atoms with Crippen molar-refractivity contribution in [3.05, 3.63) is 48.2 Å². The summed E-state index contributed by atoms with van der Waals surface area (Å²) in [7, 11) is 2.11. The molecule has 0 spiro atoms. The molecule has 0 radical (unpaired) electrons. The number of rotatable bonds is 3. The molecule has 0 fully saturated rings. The van der Waals surface area contributed by atoms with Crippen LogP contribution in [0.2, 0.25) is 0 Å². The Hall–Kier alpha value is -1.87. The quantitative estimate of drug-likeness (QED) is 0.805. The predicted octanol–water partition coefficient (Wildman–Crippen LogP) is 3.48. The normalized spacial score (nSPS) is 16.7. The molecular formula is C18H22N2O. The van der Waals surface area contributed by atoms with Crippen molar-refractivity contribution < 1.29 is 4.79 Å². The molecule has 1 aliphatic heterocycles. The van der Waals surface area contributed by atoms with E-state index in [4.69, 9.17) is 0 Å². The van der Waals surface area contributed by atoms with Crippen LogP contribution in [0.15, 0.2) is 36.9 Å². The van der Waals surface area contributed by atoms with E-state index in [-0.39, 0.29) is 11.8 Å². The fraction of sp³-hybridized carbons (Fsp3) is 0.389. The average molecular weight is 282 g/mol. The monoisotopic (exact) mass is 282 g/mol. The zero-order valence-electron chi connectivity index (χ0n) is 12.8. The highest BCUT2D eigenvalue weighted by molar-refractivity contribution is 5.97. The van der Waals surface area contributed by atoms with E-state index in [1.54, 1.807) is 0 Å². The molecule has 2 heterocycles. The number of carbonyl (C=O) groups is 1. The highest BCUT2D eigenvalue weighted by Gasteiger charge is 2.26. The van der Waals surface area contributed by atoms with Gasteiger partial charge in [-0.1, -0.05) is 31.2 Å². The standard InChI is InChI=1S/C18H22N2O/c1-4-7-13(2)18(21)20-16-9-6-5-8-14(16)15-10-11-19(3)12-17(15)20/h4-6,8-9,13H,1,7,10-12H2,2-3H3. The number of para-hydroxylation sites is 1. The molecule has 3 rings (SSSR count). The Labute approximate surface area is 125 Å². The molecule has 1 aromatic heterocycles. The maximum atomic E-state index is 12.9. The molecule has 0 amide bonds. The highest BCUT2D eigenvalue weighted by atomic mass is 16.2. The van der Waals surface area contributed by atoms with Crippen LogP contribution >= 0.6 is 0 Å². The van der Waals surface area contributed by atoms with Gasteiger partial charge in [0.05, 0.1) is 5.52 Å². The molecule has 0 saturated carbocycles. The summed E-state index contributed by atoms with van der Waals surface area (Å²) in [6, 6.07) is 8.27. The van der Waals surface area contributed by atoms with Gasteiger partial charge in [0.15, 0.2) is 0 Å². The first-order chi connectivity index (χ1) is 10.1. The third-order valence-electron chi connectivity index (χ3n) is 4.41. The molecule has 110 valence electrons. The second kappa shape index (κ2) is 5.49. The lowest BCUT2D eigenvalue weighted by Crippen LogP contribution is -2.30. The van der Waals surface area contributed by atoms with E-state index in [9.17, 15) is 4.79 Å². The SMILES string of the molecule is C=CCC(C)C(=O)n1c2c(c3ccccc31)CCN(C)C2. The summed E-state index contributed by atoms with van der Waals surface area (Å²) in [5.41, 5.74) is 3.58.